The van der Waals surface area contributed by atoms with Gasteiger partial charge in [0, 0.05) is 87.8 Å². The second-order valence-electron chi connectivity index (χ2n) is 27.3. The van der Waals surface area contributed by atoms with Crippen LogP contribution in [0.1, 0.15) is 126 Å². The predicted octanol–water partition coefficient (Wildman–Crippen LogP) is 6.30. The first-order valence-corrected chi connectivity index (χ1v) is 37.2. The Morgan fingerprint density at radius 2 is 1.14 bits per heavy atom. The minimum Gasteiger partial charge on any atom is -0.493 e. The number of methoxy groups -OCH3 is 2. The van der Waals surface area contributed by atoms with E-state index in [2.05, 4.69) is 15.6 Å². The van der Waals surface area contributed by atoms with E-state index in [1.165, 1.54) is 36.2 Å². The van der Waals surface area contributed by atoms with E-state index < -0.39 is 48.6 Å². The SMILES string of the molecule is COc1cc2c(cc1OCCCCCOc1cc3c(cc1OC)C(=O)N1C=C(C)C[C@H]1[C@H](O)N3C(=O)COc1ccc(CC(=O)[C@H](C)NC(=O)[C@@H](CC(=O)CCOCCOCCOCCOCCOCCOCCOCCOCCNC(=O)CCN3C(=O)CC(C)C3=O)C(C)C)cc1)N=C[C@@H]1CC(C)=CN1C2=O. The van der Waals surface area contributed by atoms with Crippen molar-refractivity contribution in [3.63, 3.8) is 0 Å². The lowest BCUT2D eigenvalue weighted by atomic mass is 9.88. The summed E-state index contributed by atoms with van der Waals surface area (Å²) in [5.74, 6) is -2.22. The summed E-state index contributed by atoms with van der Waals surface area (Å²) in [6.45, 7) is 17.0. The Kier molecular flexibility index (Phi) is 34.6. The molecule has 108 heavy (non-hydrogen) atoms. The van der Waals surface area contributed by atoms with Crippen molar-refractivity contribution in [2.45, 2.75) is 130 Å². The molecule has 0 aliphatic carbocycles. The van der Waals surface area contributed by atoms with Gasteiger partial charge in [-0.1, -0.05) is 44.1 Å². The number of benzene rings is 3. The van der Waals surface area contributed by atoms with Crippen LogP contribution in [-0.2, 0) is 77.9 Å². The highest BCUT2D eigenvalue weighted by Gasteiger charge is 2.45. The van der Waals surface area contributed by atoms with Crippen LogP contribution in [0.2, 0.25) is 0 Å². The van der Waals surface area contributed by atoms with Gasteiger partial charge >= 0.3 is 0 Å². The summed E-state index contributed by atoms with van der Waals surface area (Å²) in [4.78, 5) is 128. The van der Waals surface area contributed by atoms with E-state index >= 15 is 0 Å². The van der Waals surface area contributed by atoms with Gasteiger partial charge in [0.15, 0.2) is 41.6 Å². The molecule has 1 fully saturated rings. The third kappa shape index (κ3) is 25.4. The van der Waals surface area contributed by atoms with Crippen molar-refractivity contribution in [2.24, 2.45) is 22.7 Å². The van der Waals surface area contributed by atoms with Crippen molar-refractivity contribution in [1.29, 1.82) is 0 Å². The number of ketones is 2. The highest BCUT2D eigenvalue weighted by atomic mass is 16.6. The van der Waals surface area contributed by atoms with Gasteiger partial charge in [0.05, 0.1) is 174 Å². The van der Waals surface area contributed by atoms with E-state index in [4.69, 9.17) is 61.6 Å². The maximum absolute atomic E-state index is 14.4. The van der Waals surface area contributed by atoms with Crippen molar-refractivity contribution in [1.82, 2.24) is 25.3 Å². The van der Waals surface area contributed by atoms with Gasteiger partial charge in [-0.3, -0.25) is 57.9 Å². The molecule has 1 unspecified atom stereocenters. The first kappa shape index (κ1) is 84.9. The van der Waals surface area contributed by atoms with Crippen LogP contribution in [0.25, 0.3) is 0 Å². The third-order valence-corrected chi connectivity index (χ3v) is 18.6. The summed E-state index contributed by atoms with van der Waals surface area (Å²) in [6, 6.07) is 11.2. The van der Waals surface area contributed by atoms with Gasteiger partial charge in [0.25, 0.3) is 17.7 Å². The number of ether oxygens (including phenoxy) is 13. The fourth-order valence-electron chi connectivity index (χ4n) is 12.6. The number of aliphatic imine (C=N–C) groups is 1. The number of hydrogen-bond acceptors (Lipinski definition) is 24. The molecule has 3 aromatic rings. The van der Waals surface area contributed by atoms with Crippen molar-refractivity contribution < 1.29 is 110 Å². The number of anilines is 1. The molecule has 3 N–H and O–H groups in total. The molecule has 0 spiro atoms. The topological polar surface area (TPSA) is 343 Å². The molecular weight excluding hydrogens is 1400 g/mol. The lowest BCUT2D eigenvalue weighted by Crippen LogP contribution is -2.51. The van der Waals surface area contributed by atoms with Crippen LogP contribution in [0.15, 0.2) is 77.1 Å². The first-order valence-electron chi connectivity index (χ1n) is 37.2. The van der Waals surface area contributed by atoms with Crippen LogP contribution < -0.4 is 39.2 Å². The van der Waals surface area contributed by atoms with Gasteiger partial charge in [-0.2, -0.15) is 0 Å². The second kappa shape index (κ2) is 44.1. The number of amides is 7. The number of unbranched alkanes of at least 4 members (excludes halogenated alkanes) is 2. The molecule has 0 radical (unpaired) electrons. The Labute approximate surface area is 631 Å². The number of aliphatic hydroxyl groups excluding tert-OH is 1. The molecule has 1 saturated heterocycles. The molecule has 5 aliphatic rings. The summed E-state index contributed by atoms with van der Waals surface area (Å²) in [5.41, 5.74) is 3.75. The van der Waals surface area contributed by atoms with Crippen LogP contribution in [0.4, 0.5) is 11.4 Å². The van der Waals surface area contributed by atoms with E-state index in [0.717, 1.165) is 22.5 Å². The van der Waals surface area contributed by atoms with Gasteiger partial charge in [-0.25, -0.2) is 0 Å². The number of likely N-dealkylation sites (tertiary alicyclic amines) is 1. The Bertz CT molecular complexity index is 3620. The van der Waals surface area contributed by atoms with Crippen LogP contribution >= 0.6 is 0 Å². The molecule has 0 aromatic heterocycles. The molecule has 0 saturated carbocycles. The Balaban J connectivity index is 0.646. The number of nitrogens with zero attached hydrogens (tertiary/aromatic N) is 5. The zero-order chi connectivity index (χ0) is 77.5. The summed E-state index contributed by atoms with van der Waals surface area (Å²) < 4.78 is 73.9. The molecule has 3 aromatic carbocycles. The van der Waals surface area contributed by atoms with Crippen LogP contribution in [-0.4, -0.2) is 256 Å². The largest absolute Gasteiger partial charge is 0.493 e. The van der Waals surface area contributed by atoms with E-state index in [0.29, 0.717) is 165 Å². The second-order valence-corrected chi connectivity index (χ2v) is 27.3. The van der Waals surface area contributed by atoms with Crippen molar-refractivity contribution >= 4 is 70.5 Å². The number of aliphatic hydroxyl groups is 1. The number of carbonyl (C=O) groups excluding carboxylic acids is 9. The smallest absolute Gasteiger partial charge is 0.267 e. The summed E-state index contributed by atoms with van der Waals surface area (Å²) in [5, 5.41) is 17.5. The Morgan fingerprint density at radius 3 is 1.70 bits per heavy atom. The number of fused-ring (bicyclic) bond motifs is 4. The number of imide groups is 1. The molecule has 6 atom stereocenters. The van der Waals surface area contributed by atoms with Gasteiger partial charge in [0.1, 0.15) is 11.5 Å². The number of Topliss-reactive ketones (excluding diaryl/α,β-unsaturated/α-hetero) is 2. The number of hydrogen-bond donors (Lipinski definition) is 3. The maximum Gasteiger partial charge on any atom is 0.267 e. The zero-order valence-electron chi connectivity index (χ0n) is 63.5. The molecule has 7 amide bonds. The Morgan fingerprint density at radius 1 is 0.602 bits per heavy atom. The van der Waals surface area contributed by atoms with Gasteiger partial charge in [-0.05, 0) is 88.6 Å². The monoisotopic (exact) mass is 1510 g/mol. The van der Waals surface area contributed by atoms with Crippen LogP contribution in [0.5, 0.6) is 28.7 Å². The van der Waals surface area contributed by atoms with Gasteiger partial charge in [0.2, 0.25) is 23.6 Å². The molecular formula is C78H107N7O23. The lowest BCUT2D eigenvalue weighted by molar-refractivity contribution is -0.139. The van der Waals surface area contributed by atoms with E-state index in [1.54, 1.807) is 67.6 Å². The molecule has 0 bridgehead atoms. The molecule has 30 heteroatoms. The molecule has 592 valence electrons. The minimum atomic E-state index is -1.47. The fraction of sp³-hybridized carbons (Fsp3) is 0.590. The van der Waals surface area contributed by atoms with E-state index in [1.807, 2.05) is 33.9 Å². The molecule has 30 nitrogen and oxygen atoms in total. The quantitative estimate of drug-likeness (QED) is 0.0412. The number of rotatable bonds is 51. The zero-order valence-corrected chi connectivity index (χ0v) is 63.5. The van der Waals surface area contributed by atoms with Crippen LogP contribution in [0, 0.1) is 17.8 Å². The standard InChI is InChI=1S/C78H107N7O23/c1-51(2)60(42-58(86)17-22-98-24-26-100-28-30-102-32-34-104-36-37-105-35-33-103-31-29-101-27-25-99-23-18-79-71(88)16-19-82-72(89)40-54(5)75(82)92)74(91)81-55(6)66(87)41-56-12-14-59(15-13-56)108-50-73(90)85-64-46-70(68(97-8)44-62(64)77(94)84-49-53(4)39-65(84)78(85)95)107-21-11-9-10-20-106-69-45-63-61(43-67(69)96-7)76(93)83-48-52(3)38-57(83)47-80-63/h12-15,43-49,51,54-55,57,60,65,78,95H,9-11,16-42,50H2,1-8H3,(H,79,88)(H,81,91)/t54?,55-,57-,60-,65-,78-/m0/s1. The molecule has 5 heterocycles. The number of nitrogens with one attached hydrogen (secondary N) is 2. The van der Waals surface area contributed by atoms with Crippen molar-refractivity contribution in [2.75, 3.05) is 158 Å². The predicted molar refractivity (Wildman–Crippen MR) is 395 cm³/mol. The minimum absolute atomic E-state index is 0.0155. The number of carbonyl (C=O) groups is 9. The Hall–Kier alpha value is -8.72. The summed E-state index contributed by atoms with van der Waals surface area (Å²) in [6.07, 6.45) is 7.18. The average Bonchev–Trinajstić information content (AvgIpc) is 1.66. The van der Waals surface area contributed by atoms with Crippen LogP contribution in [0.3, 0.4) is 0 Å². The first-order chi connectivity index (χ1) is 52.1. The van der Waals surface area contributed by atoms with E-state index in [-0.39, 0.29) is 134 Å². The lowest BCUT2D eigenvalue weighted by Gasteiger charge is -2.32. The van der Waals surface area contributed by atoms with Crippen molar-refractivity contribution in [3.8, 4) is 28.7 Å². The molecule has 8 rings (SSSR count). The van der Waals surface area contributed by atoms with Gasteiger partial charge < -0.3 is 87.1 Å². The highest BCUT2D eigenvalue weighted by molar-refractivity contribution is 6.08. The van der Waals surface area contributed by atoms with E-state index in [9.17, 15) is 48.3 Å². The highest BCUT2D eigenvalue weighted by Crippen LogP contribution is 2.43. The molecule has 5 aliphatic heterocycles. The summed E-state index contributed by atoms with van der Waals surface area (Å²) >= 11 is 0. The van der Waals surface area contributed by atoms with Crippen molar-refractivity contribution in [3.05, 3.63) is 88.8 Å². The summed E-state index contributed by atoms with van der Waals surface area (Å²) in [7, 11) is 2.98. The average molecular weight is 1510 g/mol. The maximum atomic E-state index is 14.4. The third-order valence-electron chi connectivity index (χ3n) is 18.6. The normalized spacial score (nSPS) is 17.9. The van der Waals surface area contributed by atoms with Gasteiger partial charge in [-0.15, -0.1) is 0 Å². The fourth-order valence-corrected chi connectivity index (χ4v) is 12.6.